The maximum atomic E-state index is 5.69. The predicted molar refractivity (Wildman–Crippen MR) is 74.2 cm³/mol. The molecule has 1 N–H and O–H groups in total. The maximum absolute atomic E-state index is 5.69. The van der Waals surface area contributed by atoms with Crippen molar-refractivity contribution in [2.24, 2.45) is 0 Å². The number of hydrogen-bond acceptors (Lipinski definition) is 4. The molecule has 0 bridgehead atoms. The van der Waals surface area contributed by atoms with Gasteiger partial charge in [0.05, 0.1) is 18.1 Å². The van der Waals surface area contributed by atoms with E-state index in [1.807, 2.05) is 36.0 Å². The van der Waals surface area contributed by atoms with Crippen molar-refractivity contribution in [1.29, 1.82) is 0 Å². The molecule has 0 unspecified atom stereocenters. The fourth-order valence-electron chi connectivity index (χ4n) is 1.61. The molecule has 0 saturated carbocycles. The summed E-state index contributed by atoms with van der Waals surface area (Å²) in [6, 6.07) is 6.22. The number of nitrogens with one attached hydrogen (secondary N) is 1. The molecule has 2 rings (SSSR count). The Bertz CT molecular complexity index is 522. The molecular formula is C14H20N4O. The van der Waals surface area contributed by atoms with E-state index in [0.29, 0.717) is 17.7 Å². The van der Waals surface area contributed by atoms with Gasteiger partial charge in [0, 0.05) is 25.2 Å². The summed E-state index contributed by atoms with van der Waals surface area (Å²) in [5, 5.41) is 7.50. The molecule has 0 fully saturated rings. The topological polar surface area (TPSA) is 52.0 Å². The fourth-order valence-corrected chi connectivity index (χ4v) is 1.61. The van der Waals surface area contributed by atoms with Crippen LogP contribution in [0.3, 0.4) is 0 Å². The number of ether oxygens (including phenoxy) is 1. The van der Waals surface area contributed by atoms with Crippen molar-refractivity contribution in [3.8, 4) is 11.6 Å². The predicted octanol–water partition coefficient (Wildman–Crippen LogP) is 2.59. The van der Waals surface area contributed by atoms with Crippen molar-refractivity contribution in [1.82, 2.24) is 20.1 Å². The number of hydrogen-bond donors (Lipinski definition) is 1. The number of aromatic nitrogens is 3. The van der Waals surface area contributed by atoms with Crippen LogP contribution in [0.5, 0.6) is 11.6 Å². The van der Waals surface area contributed by atoms with Crippen LogP contribution in [0, 0.1) is 0 Å². The second-order valence-corrected chi connectivity index (χ2v) is 4.64. The van der Waals surface area contributed by atoms with Gasteiger partial charge in [-0.1, -0.05) is 19.9 Å². The second kappa shape index (κ2) is 6.33. The first-order chi connectivity index (χ1) is 9.17. The molecule has 2 aromatic rings. The zero-order chi connectivity index (χ0) is 13.7. The van der Waals surface area contributed by atoms with E-state index >= 15 is 0 Å². The van der Waals surface area contributed by atoms with Gasteiger partial charge in [0.1, 0.15) is 0 Å². The number of pyridine rings is 1. The number of aryl methyl sites for hydroxylation is 1. The first-order valence-electron chi connectivity index (χ1n) is 6.57. The SMILES string of the molecule is CCn1cc(Oc2cccc(CNC(C)C)n2)cn1. The smallest absolute Gasteiger partial charge is 0.219 e. The van der Waals surface area contributed by atoms with Gasteiger partial charge < -0.3 is 10.1 Å². The van der Waals surface area contributed by atoms with E-state index in [2.05, 4.69) is 29.2 Å². The lowest BCUT2D eigenvalue weighted by Crippen LogP contribution is -2.22. The Morgan fingerprint density at radius 1 is 1.37 bits per heavy atom. The summed E-state index contributed by atoms with van der Waals surface area (Å²) in [6.45, 7) is 7.82. The van der Waals surface area contributed by atoms with Gasteiger partial charge in [-0.15, -0.1) is 0 Å². The molecule has 0 aromatic carbocycles. The lowest BCUT2D eigenvalue weighted by Gasteiger charge is -2.08. The van der Waals surface area contributed by atoms with Gasteiger partial charge in [-0.2, -0.15) is 5.10 Å². The first kappa shape index (κ1) is 13.5. The van der Waals surface area contributed by atoms with E-state index in [4.69, 9.17) is 4.74 Å². The summed E-state index contributed by atoms with van der Waals surface area (Å²) in [5.74, 6) is 1.31. The van der Waals surface area contributed by atoms with Crippen LogP contribution in [0.1, 0.15) is 26.5 Å². The van der Waals surface area contributed by atoms with E-state index in [1.54, 1.807) is 6.20 Å². The third-order valence-corrected chi connectivity index (χ3v) is 2.63. The molecular weight excluding hydrogens is 240 g/mol. The summed E-state index contributed by atoms with van der Waals surface area (Å²) in [6.07, 6.45) is 3.56. The van der Waals surface area contributed by atoms with Crippen molar-refractivity contribution in [3.05, 3.63) is 36.3 Å². The van der Waals surface area contributed by atoms with Crippen LogP contribution in [-0.2, 0) is 13.1 Å². The molecule has 0 atom stereocenters. The Morgan fingerprint density at radius 2 is 2.21 bits per heavy atom. The van der Waals surface area contributed by atoms with Gasteiger partial charge in [0.25, 0.3) is 0 Å². The number of rotatable bonds is 6. The van der Waals surface area contributed by atoms with Crippen LogP contribution in [0.15, 0.2) is 30.6 Å². The minimum Gasteiger partial charge on any atom is -0.436 e. The van der Waals surface area contributed by atoms with Crippen LogP contribution in [0.4, 0.5) is 0 Å². The lowest BCUT2D eigenvalue weighted by atomic mass is 10.3. The van der Waals surface area contributed by atoms with E-state index in [-0.39, 0.29) is 0 Å². The zero-order valence-corrected chi connectivity index (χ0v) is 11.6. The third kappa shape index (κ3) is 4.06. The van der Waals surface area contributed by atoms with E-state index in [9.17, 15) is 0 Å². The quantitative estimate of drug-likeness (QED) is 0.867. The Balaban J connectivity index is 2.02. The Morgan fingerprint density at radius 3 is 2.89 bits per heavy atom. The molecule has 5 nitrogen and oxygen atoms in total. The van der Waals surface area contributed by atoms with E-state index in [1.165, 1.54) is 0 Å². The number of nitrogens with zero attached hydrogens (tertiary/aromatic N) is 3. The highest BCUT2D eigenvalue weighted by Crippen LogP contribution is 2.18. The van der Waals surface area contributed by atoms with Gasteiger partial charge in [0.15, 0.2) is 5.75 Å². The summed E-state index contributed by atoms with van der Waals surface area (Å²) in [4.78, 5) is 4.45. The molecule has 0 amide bonds. The average Bonchev–Trinajstić information content (AvgIpc) is 2.84. The molecule has 0 aliphatic carbocycles. The third-order valence-electron chi connectivity index (χ3n) is 2.63. The molecule has 0 spiro atoms. The Hall–Kier alpha value is -1.88. The largest absolute Gasteiger partial charge is 0.436 e. The minimum absolute atomic E-state index is 0.439. The van der Waals surface area contributed by atoms with Crippen molar-refractivity contribution in [2.45, 2.75) is 39.9 Å². The van der Waals surface area contributed by atoms with Crippen LogP contribution in [0.25, 0.3) is 0 Å². The summed E-state index contributed by atoms with van der Waals surface area (Å²) in [5.41, 5.74) is 0.967. The molecule has 2 aromatic heterocycles. The van der Waals surface area contributed by atoms with Gasteiger partial charge >= 0.3 is 0 Å². The van der Waals surface area contributed by atoms with Crippen molar-refractivity contribution < 1.29 is 4.74 Å². The molecule has 0 aliphatic heterocycles. The van der Waals surface area contributed by atoms with Gasteiger partial charge in [-0.05, 0) is 13.0 Å². The summed E-state index contributed by atoms with van der Waals surface area (Å²) < 4.78 is 7.51. The highest BCUT2D eigenvalue weighted by Gasteiger charge is 2.03. The van der Waals surface area contributed by atoms with Crippen LogP contribution >= 0.6 is 0 Å². The maximum Gasteiger partial charge on any atom is 0.219 e. The molecule has 0 aliphatic rings. The fraction of sp³-hybridized carbons (Fsp3) is 0.429. The van der Waals surface area contributed by atoms with Crippen LogP contribution in [-0.4, -0.2) is 20.8 Å². The molecule has 102 valence electrons. The van der Waals surface area contributed by atoms with E-state index < -0.39 is 0 Å². The molecule has 5 heteroatoms. The summed E-state index contributed by atoms with van der Waals surface area (Å²) in [7, 11) is 0. The zero-order valence-electron chi connectivity index (χ0n) is 11.6. The van der Waals surface area contributed by atoms with Crippen LogP contribution < -0.4 is 10.1 Å². The minimum atomic E-state index is 0.439. The average molecular weight is 260 g/mol. The monoisotopic (exact) mass is 260 g/mol. The standard InChI is InChI=1S/C14H20N4O/c1-4-18-10-13(9-16-18)19-14-7-5-6-12(17-14)8-15-11(2)3/h5-7,9-11,15H,4,8H2,1-3H3. The van der Waals surface area contributed by atoms with Crippen molar-refractivity contribution >= 4 is 0 Å². The van der Waals surface area contributed by atoms with Crippen LogP contribution in [0.2, 0.25) is 0 Å². The highest BCUT2D eigenvalue weighted by atomic mass is 16.5. The second-order valence-electron chi connectivity index (χ2n) is 4.64. The first-order valence-corrected chi connectivity index (χ1v) is 6.57. The van der Waals surface area contributed by atoms with Gasteiger partial charge in [-0.25, -0.2) is 4.98 Å². The summed E-state index contributed by atoms with van der Waals surface area (Å²) >= 11 is 0. The molecule has 0 saturated heterocycles. The molecule has 19 heavy (non-hydrogen) atoms. The van der Waals surface area contributed by atoms with Gasteiger partial charge in [-0.3, -0.25) is 4.68 Å². The Kier molecular flexibility index (Phi) is 4.52. The normalized spacial score (nSPS) is 10.9. The van der Waals surface area contributed by atoms with Crippen molar-refractivity contribution in [2.75, 3.05) is 0 Å². The van der Waals surface area contributed by atoms with Crippen molar-refractivity contribution in [3.63, 3.8) is 0 Å². The van der Waals surface area contributed by atoms with Gasteiger partial charge in [0.2, 0.25) is 5.88 Å². The molecule has 2 heterocycles. The molecule has 0 radical (unpaired) electrons. The highest BCUT2D eigenvalue weighted by molar-refractivity contribution is 5.23. The Labute approximate surface area is 113 Å². The van der Waals surface area contributed by atoms with E-state index in [0.717, 1.165) is 18.8 Å². The lowest BCUT2D eigenvalue weighted by molar-refractivity contribution is 0.457.